The Morgan fingerprint density at radius 1 is 1.10 bits per heavy atom. The molecule has 19 heteroatoms. The summed E-state index contributed by atoms with van der Waals surface area (Å²) < 4.78 is 129. The van der Waals surface area contributed by atoms with Crippen molar-refractivity contribution in [2.75, 3.05) is 16.7 Å². The largest absolute Gasteiger partial charge is 0.435 e. The molecule has 0 radical (unpaired) electrons. The number of benzene rings is 2. The highest BCUT2D eigenvalue weighted by Crippen LogP contribution is 2.68. The number of aromatic nitrogens is 5. The molecule has 268 valence electrons. The molecule has 3 atom stereocenters. The number of nitrogen functional groups attached to an aromatic ring is 1. The fourth-order valence-corrected chi connectivity index (χ4v) is 7.44. The van der Waals surface area contributed by atoms with Crippen LogP contribution in [-0.2, 0) is 46.9 Å². The number of nitrogens with zero attached hydrogens (tertiary/aromatic N) is 5. The molecule has 51 heavy (non-hydrogen) atoms. The summed E-state index contributed by atoms with van der Waals surface area (Å²) in [6.45, 7) is -1.04. The number of anilines is 2. The van der Waals surface area contributed by atoms with Crippen molar-refractivity contribution in [2.45, 2.75) is 43.4 Å². The van der Waals surface area contributed by atoms with Gasteiger partial charge >= 0.3 is 6.18 Å². The van der Waals surface area contributed by atoms with Crippen LogP contribution in [0.5, 0.6) is 0 Å². The van der Waals surface area contributed by atoms with E-state index in [1.807, 2.05) is 0 Å². The number of nitrogens with one attached hydrogen (secondary N) is 2. The van der Waals surface area contributed by atoms with Crippen molar-refractivity contribution in [3.05, 3.63) is 88.5 Å². The Morgan fingerprint density at radius 2 is 1.80 bits per heavy atom. The quantitative estimate of drug-likeness (QED) is 0.172. The van der Waals surface area contributed by atoms with Crippen LogP contribution in [0.3, 0.4) is 0 Å². The smallest absolute Gasteiger partial charge is 0.397 e. The van der Waals surface area contributed by atoms with E-state index in [1.165, 1.54) is 16.9 Å². The Kier molecular flexibility index (Phi) is 7.84. The van der Waals surface area contributed by atoms with Gasteiger partial charge in [0.15, 0.2) is 11.5 Å². The van der Waals surface area contributed by atoms with Crippen LogP contribution in [0.15, 0.2) is 48.7 Å². The van der Waals surface area contributed by atoms with Gasteiger partial charge in [0.25, 0.3) is 5.92 Å². The Hall–Kier alpha value is -5.20. The van der Waals surface area contributed by atoms with E-state index in [1.54, 1.807) is 25.2 Å². The highest BCUT2D eigenvalue weighted by Gasteiger charge is 2.68. The van der Waals surface area contributed by atoms with E-state index in [0.717, 1.165) is 18.4 Å². The van der Waals surface area contributed by atoms with Gasteiger partial charge in [0.1, 0.15) is 23.9 Å². The van der Waals surface area contributed by atoms with Gasteiger partial charge in [-0.25, -0.2) is 17.2 Å². The number of nitrogens with two attached hydrogens (primary N) is 1. The maximum absolute atomic E-state index is 15.2. The van der Waals surface area contributed by atoms with Gasteiger partial charge in [0.2, 0.25) is 15.9 Å². The predicted octanol–water partition coefficient (Wildman–Crippen LogP) is 5.39. The zero-order chi connectivity index (χ0) is 36.8. The standard InChI is InChI=1S/C32H27F7N8O3S/c1-46-27-18(4-3-5-19(27)30(44-46)45-51(2,49)50)20-10-17(40)12-41-26(20)23(8-14-6-15(33)9-16(34)7-14)42-24(48)13-47-29-25(28(43-47)32(37,38)39)21-11-22(21)31(29,35)36/h3-7,9-10,12,21-23H,8,11,13,40H2,1-2H3,(H,42,48)(H,44,45)/t21-,22+,23-/m0/s1. The normalized spacial score (nSPS) is 18.4. The molecule has 3 aromatic heterocycles. The van der Waals surface area contributed by atoms with E-state index < -0.39 is 81.0 Å². The molecule has 0 unspecified atom stereocenters. The molecule has 3 heterocycles. The number of hydrogen-bond donors (Lipinski definition) is 3. The third kappa shape index (κ3) is 6.23. The van der Waals surface area contributed by atoms with E-state index in [0.29, 0.717) is 27.2 Å². The van der Waals surface area contributed by atoms with Gasteiger partial charge in [0.05, 0.1) is 35.4 Å². The number of amides is 1. The van der Waals surface area contributed by atoms with Crippen LogP contribution >= 0.6 is 0 Å². The lowest BCUT2D eigenvalue weighted by Gasteiger charge is -2.23. The maximum Gasteiger partial charge on any atom is 0.435 e. The molecule has 0 spiro atoms. The molecular formula is C32H27F7N8O3S. The Morgan fingerprint density at radius 3 is 2.47 bits per heavy atom. The van der Waals surface area contributed by atoms with Crippen molar-refractivity contribution in [3.63, 3.8) is 0 Å². The SMILES string of the molecule is Cn1nc(NS(C)(=O)=O)c2cccc(-c3cc(N)cnc3[C@H](Cc3cc(F)cc(F)c3)NC(=O)Cn3nc(C(F)(F)F)c4c3C(F)(F)[C@@H]3C[C@H]43)c21. The van der Waals surface area contributed by atoms with Crippen molar-refractivity contribution in [3.8, 4) is 11.1 Å². The van der Waals surface area contributed by atoms with Crippen molar-refractivity contribution in [1.82, 2.24) is 29.9 Å². The zero-order valence-corrected chi connectivity index (χ0v) is 27.4. The summed E-state index contributed by atoms with van der Waals surface area (Å²) in [4.78, 5) is 18.1. The molecule has 4 N–H and O–H groups in total. The Balaban J connectivity index is 1.32. The first-order valence-electron chi connectivity index (χ1n) is 15.3. The van der Waals surface area contributed by atoms with Crippen LogP contribution in [-0.4, -0.2) is 45.1 Å². The number of pyridine rings is 1. The lowest BCUT2D eigenvalue weighted by molar-refractivity contribution is -0.142. The summed E-state index contributed by atoms with van der Waals surface area (Å²) in [5, 5.41) is 10.7. The number of halogens is 7. The van der Waals surface area contributed by atoms with Crippen LogP contribution in [0.4, 0.5) is 42.2 Å². The number of alkyl halides is 5. The number of fused-ring (bicyclic) bond motifs is 4. The Bertz CT molecular complexity index is 2340. The van der Waals surface area contributed by atoms with E-state index >= 15 is 8.78 Å². The van der Waals surface area contributed by atoms with E-state index in [9.17, 15) is 35.2 Å². The van der Waals surface area contributed by atoms with E-state index in [-0.39, 0.29) is 41.2 Å². The molecule has 0 aliphatic heterocycles. The van der Waals surface area contributed by atoms with Crippen molar-refractivity contribution < 1.29 is 43.9 Å². The minimum Gasteiger partial charge on any atom is -0.397 e. The number of carbonyl (C=O) groups is 1. The molecule has 0 bridgehead atoms. The molecule has 2 aliphatic rings. The highest BCUT2D eigenvalue weighted by molar-refractivity contribution is 7.92. The van der Waals surface area contributed by atoms with Gasteiger partial charge in [-0.1, -0.05) is 12.1 Å². The molecule has 1 fully saturated rings. The fraction of sp³-hybridized carbons (Fsp3) is 0.312. The second-order valence-electron chi connectivity index (χ2n) is 12.7. The van der Waals surface area contributed by atoms with Crippen molar-refractivity contribution >= 4 is 38.3 Å². The van der Waals surface area contributed by atoms with Crippen LogP contribution in [0.25, 0.3) is 22.0 Å². The van der Waals surface area contributed by atoms with Crippen LogP contribution in [0.2, 0.25) is 0 Å². The summed E-state index contributed by atoms with van der Waals surface area (Å²) in [7, 11) is -2.20. The molecular weight excluding hydrogens is 709 g/mol. The Labute approximate surface area is 284 Å². The average Bonchev–Trinajstić information content (AvgIpc) is 3.55. The molecule has 11 nitrogen and oxygen atoms in total. The van der Waals surface area contributed by atoms with Gasteiger partial charge in [-0.2, -0.15) is 32.1 Å². The third-order valence-electron chi connectivity index (χ3n) is 8.90. The lowest BCUT2D eigenvalue weighted by atomic mass is 9.94. The summed E-state index contributed by atoms with van der Waals surface area (Å²) >= 11 is 0. The summed E-state index contributed by atoms with van der Waals surface area (Å²) in [5.41, 5.74) is 4.38. The number of sulfonamides is 1. The van der Waals surface area contributed by atoms with Gasteiger partial charge in [-0.05, 0) is 48.6 Å². The van der Waals surface area contributed by atoms with Crippen LogP contribution in [0.1, 0.15) is 46.6 Å². The molecule has 0 saturated heterocycles. The fourth-order valence-electron chi connectivity index (χ4n) is 6.94. The topological polar surface area (TPSA) is 150 Å². The lowest BCUT2D eigenvalue weighted by Crippen LogP contribution is -2.35. The molecule has 7 rings (SSSR count). The third-order valence-corrected chi connectivity index (χ3v) is 9.46. The second kappa shape index (κ2) is 11.7. The second-order valence-corrected chi connectivity index (χ2v) is 14.4. The van der Waals surface area contributed by atoms with Crippen molar-refractivity contribution in [1.29, 1.82) is 0 Å². The number of aryl methyl sites for hydroxylation is 1. The first kappa shape index (κ1) is 34.3. The zero-order valence-electron chi connectivity index (χ0n) is 26.6. The maximum atomic E-state index is 15.2. The average molecular weight is 737 g/mol. The van der Waals surface area contributed by atoms with Gasteiger partial charge in [-0.3, -0.25) is 23.9 Å². The number of para-hydroxylation sites is 1. The van der Waals surface area contributed by atoms with Gasteiger partial charge in [-0.15, -0.1) is 0 Å². The summed E-state index contributed by atoms with van der Waals surface area (Å²) in [6.07, 6.45) is -3.31. The molecule has 2 aliphatic carbocycles. The molecule has 5 aromatic rings. The molecule has 2 aromatic carbocycles. The molecule has 1 saturated carbocycles. The first-order chi connectivity index (χ1) is 23.8. The van der Waals surface area contributed by atoms with E-state index in [4.69, 9.17) is 5.73 Å². The van der Waals surface area contributed by atoms with E-state index in [2.05, 4.69) is 25.2 Å². The monoisotopic (exact) mass is 736 g/mol. The first-order valence-corrected chi connectivity index (χ1v) is 17.2. The molecule has 1 amide bonds. The minimum atomic E-state index is -5.05. The van der Waals surface area contributed by atoms with Crippen LogP contribution < -0.4 is 15.8 Å². The van der Waals surface area contributed by atoms with Gasteiger partial charge in [0, 0.05) is 41.1 Å². The summed E-state index contributed by atoms with van der Waals surface area (Å²) in [5.74, 6) is -8.89. The highest BCUT2D eigenvalue weighted by atomic mass is 32.2. The van der Waals surface area contributed by atoms with Gasteiger partial charge < -0.3 is 11.1 Å². The van der Waals surface area contributed by atoms with Crippen LogP contribution in [0, 0.1) is 17.6 Å². The predicted molar refractivity (Wildman–Crippen MR) is 170 cm³/mol. The number of hydrogen-bond acceptors (Lipinski definition) is 7. The minimum absolute atomic E-state index is 0.00905. The van der Waals surface area contributed by atoms with Crippen molar-refractivity contribution in [2.24, 2.45) is 13.0 Å². The number of carbonyl (C=O) groups excluding carboxylic acids is 1. The number of rotatable bonds is 9. The summed E-state index contributed by atoms with van der Waals surface area (Å²) in [6, 6.07) is 7.69.